The molecule has 1 unspecified atom stereocenters. The Morgan fingerprint density at radius 1 is 0.438 bits per heavy atom. The van der Waals surface area contributed by atoms with Crippen LogP contribution in [0.4, 0.5) is 0 Å². The van der Waals surface area contributed by atoms with Crippen LogP contribution >= 0.6 is 0 Å². The Kier molecular flexibility index (Phi) is 12.8. The molecule has 1 N–H and O–H groups in total. The summed E-state index contributed by atoms with van der Waals surface area (Å²) < 4.78 is 45.4. The first-order chi connectivity index (χ1) is 31.4. The van der Waals surface area contributed by atoms with Crippen molar-refractivity contribution >= 4 is 21.9 Å². The molecule has 0 saturated heterocycles. The topological polar surface area (TPSA) is 115 Å². The van der Waals surface area contributed by atoms with Gasteiger partial charge in [-0.3, -0.25) is 4.79 Å². The molecular weight excluding hydrogens is 809 g/mol. The van der Waals surface area contributed by atoms with Gasteiger partial charge in [-0.15, -0.1) is 0 Å². The minimum atomic E-state index is -1.66. The quantitative estimate of drug-likeness (QED) is 0.141. The molecule has 0 fully saturated rings. The molecule has 0 saturated carbocycles. The largest absolute Gasteiger partial charge is 0.497 e. The van der Waals surface area contributed by atoms with Gasteiger partial charge in [0.2, 0.25) is 5.43 Å². The molecule has 64 heavy (non-hydrogen) atoms. The smallest absolute Gasteiger partial charge is 0.204 e. The maximum absolute atomic E-state index is 12.6. The van der Waals surface area contributed by atoms with E-state index in [9.17, 15) is 9.90 Å². The summed E-state index contributed by atoms with van der Waals surface area (Å²) in [5.41, 5.74) is 0.953. The van der Waals surface area contributed by atoms with Crippen LogP contribution < -0.4 is 38.6 Å². The summed E-state index contributed by atoms with van der Waals surface area (Å²) in [6, 6.07) is 57.5. The van der Waals surface area contributed by atoms with Crippen LogP contribution in [0.1, 0.15) is 16.7 Å². The van der Waals surface area contributed by atoms with E-state index in [2.05, 4.69) is 0 Å². The first-order valence-electron chi connectivity index (χ1n) is 20.3. The zero-order chi connectivity index (χ0) is 44.5. The Labute approximate surface area is 370 Å². The fraction of sp³-hybridized carbons (Fsp3) is 0.0926. The van der Waals surface area contributed by atoms with Crippen molar-refractivity contribution in [2.24, 2.45) is 0 Å². The second-order valence-corrected chi connectivity index (χ2v) is 14.2. The van der Waals surface area contributed by atoms with Crippen LogP contribution in [0.5, 0.6) is 57.5 Å². The predicted octanol–water partition coefficient (Wildman–Crippen LogP) is 12.3. The van der Waals surface area contributed by atoms with E-state index in [1.165, 1.54) is 0 Å². The van der Waals surface area contributed by atoms with Crippen molar-refractivity contribution in [1.29, 1.82) is 0 Å². The number of aliphatic hydroxyl groups is 1. The van der Waals surface area contributed by atoms with Crippen LogP contribution in [0, 0.1) is 0 Å². The highest BCUT2D eigenvalue weighted by atomic mass is 16.5. The van der Waals surface area contributed by atoms with Gasteiger partial charge in [0.1, 0.15) is 74.0 Å². The Morgan fingerprint density at radius 3 is 1.67 bits per heavy atom. The summed E-state index contributed by atoms with van der Waals surface area (Å²) in [6.07, 6.45) is 0. The molecule has 2 heterocycles. The SMILES string of the molecule is COc1cccc(Oc2ccccc2)c1.COc1cccc(Oc2ccccc2)c1C1(O)c2ccccc2Oc2cccc(OC)c21.COc1cccc2oc3ccccc3c(=O)c12. The van der Waals surface area contributed by atoms with Crippen LogP contribution in [0.2, 0.25) is 0 Å². The summed E-state index contributed by atoms with van der Waals surface area (Å²) in [7, 11) is 6.33. The first-order valence-corrected chi connectivity index (χ1v) is 20.3. The van der Waals surface area contributed by atoms with Gasteiger partial charge in [-0.25, -0.2) is 0 Å². The summed E-state index contributed by atoms with van der Waals surface area (Å²) in [5, 5.41) is 13.7. The number of ether oxygens (including phenoxy) is 7. The maximum Gasteiger partial charge on any atom is 0.204 e. The van der Waals surface area contributed by atoms with E-state index in [1.807, 2.05) is 146 Å². The number of hydrogen-bond acceptors (Lipinski definition) is 10. The zero-order valence-corrected chi connectivity index (χ0v) is 35.5. The van der Waals surface area contributed by atoms with Crippen molar-refractivity contribution < 1.29 is 42.7 Å². The highest BCUT2D eigenvalue weighted by Crippen LogP contribution is 2.57. The Morgan fingerprint density at radius 2 is 0.953 bits per heavy atom. The van der Waals surface area contributed by atoms with Gasteiger partial charge < -0.3 is 42.7 Å². The summed E-state index contributed by atoms with van der Waals surface area (Å²) in [6.45, 7) is 0. The number of rotatable bonds is 9. The van der Waals surface area contributed by atoms with E-state index in [0.717, 1.165) is 17.2 Å². The van der Waals surface area contributed by atoms with Gasteiger partial charge in [0.25, 0.3) is 0 Å². The summed E-state index contributed by atoms with van der Waals surface area (Å²) in [5.74, 6) is 6.08. The van der Waals surface area contributed by atoms with Crippen molar-refractivity contribution in [2.45, 2.75) is 5.60 Å². The van der Waals surface area contributed by atoms with Crippen LogP contribution in [0.15, 0.2) is 197 Å². The second-order valence-electron chi connectivity index (χ2n) is 14.2. The lowest BCUT2D eigenvalue weighted by Gasteiger charge is -2.38. The zero-order valence-electron chi connectivity index (χ0n) is 35.5. The number of hydrogen-bond donors (Lipinski definition) is 1. The monoisotopic (exact) mass is 852 g/mol. The minimum absolute atomic E-state index is 0.0562. The molecule has 10 rings (SSSR count). The molecule has 0 amide bonds. The van der Waals surface area contributed by atoms with Crippen molar-refractivity contribution in [3.63, 3.8) is 0 Å². The predicted molar refractivity (Wildman–Crippen MR) is 247 cm³/mol. The van der Waals surface area contributed by atoms with E-state index in [-0.39, 0.29) is 5.43 Å². The lowest BCUT2D eigenvalue weighted by atomic mass is 9.76. The average molecular weight is 853 g/mol. The van der Waals surface area contributed by atoms with Gasteiger partial charge >= 0.3 is 0 Å². The normalized spacial score (nSPS) is 13.3. The second kappa shape index (κ2) is 19.2. The molecule has 0 radical (unpaired) electrons. The number of para-hydroxylation sites is 4. The standard InChI is InChI=1S/C27H22O5.C14H10O3.C13H12O2/c1-29-21-14-8-16-23(31-18-10-4-3-5-11-18)25(21)27(28)19-12-6-7-13-20(19)32-24-17-9-15-22(30-2)26(24)27;1-16-11-7-4-8-12-13(11)14(15)9-5-2-3-6-10(9)17-12;1-14-12-8-5-9-13(10-12)15-11-6-3-2-4-7-11/h3-17,28H,1-2H3;2-8H,1H3;2-10H,1H3. The van der Waals surface area contributed by atoms with Crippen LogP contribution in [-0.4, -0.2) is 33.5 Å². The summed E-state index contributed by atoms with van der Waals surface area (Å²) in [4.78, 5) is 12.3. The van der Waals surface area contributed by atoms with E-state index >= 15 is 0 Å². The van der Waals surface area contributed by atoms with E-state index in [1.54, 1.807) is 70.9 Å². The molecule has 1 aliphatic rings. The highest BCUT2D eigenvalue weighted by Gasteiger charge is 2.48. The molecule has 8 aromatic carbocycles. The molecule has 1 aliphatic heterocycles. The minimum Gasteiger partial charge on any atom is -0.497 e. The Bertz CT molecular complexity index is 3080. The van der Waals surface area contributed by atoms with Crippen LogP contribution in [-0.2, 0) is 5.60 Å². The summed E-state index contributed by atoms with van der Waals surface area (Å²) >= 11 is 0. The molecule has 1 aromatic heterocycles. The third-order valence-electron chi connectivity index (χ3n) is 10.4. The molecule has 0 aliphatic carbocycles. The van der Waals surface area contributed by atoms with E-state index in [0.29, 0.717) is 78.9 Å². The Balaban J connectivity index is 0.000000146. The van der Waals surface area contributed by atoms with Gasteiger partial charge in [-0.05, 0) is 91.0 Å². The maximum atomic E-state index is 12.6. The van der Waals surface area contributed by atoms with Gasteiger partial charge in [-0.2, -0.15) is 0 Å². The number of methoxy groups -OCH3 is 4. The van der Waals surface area contributed by atoms with Crippen LogP contribution in [0.3, 0.4) is 0 Å². The Hall–Kier alpha value is -8.21. The van der Waals surface area contributed by atoms with E-state index in [4.69, 9.17) is 37.6 Å². The molecule has 10 heteroatoms. The van der Waals surface area contributed by atoms with Crippen LogP contribution in [0.25, 0.3) is 21.9 Å². The van der Waals surface area contributed by atoms with Gasteiger partial charge in [-0.1, -0.05) is 91.0 Å². The third kappa shape index (κ3) is 8.63. The molecule has 0 bridgehead atoms. The number of fused-ring (bicyclic) bond motifs is 4. The first kappa shape index (κ1) is 42.5. The van der Waals surface area contributed by atoms with Crippen molar-refractivity contribution in [3.8, 4) is 57.5 Å². The molecule has 0 spiro atoms. The molecule has 9 aromatic rings. The lowest BCUT2D eigenvalue weighted by Crippen LogP contribution is -2.33. The molecule has 1 atom stereocenters. The average Bonchev–Trinajstić information content (AvgIpc) is 3.34. The van der Waals surface area contributed by atoms with Gasteiger partial charge in [0, 0.05) is 11.6 Å². The van der Waals surface area contributed by atoms with Gasteiger partial charge in [0.05, 0.1) is 45.0 Å². The van der Waals surface area contributed by atoms with Gasteiger partial charge in [0.15, 0.2) is 5.60 Å². The van der Waals surface area contributed by atoms with Crippen molar-refractivity contribution in [1.82, 2.24) is 0 Å². The lowest BCUT2D eigenvalue weighted by molar-refractivity contribution is 0.103. The fourth-order valence-corrected chi connectivity index (χ4v) is 7.50. The molecule has 10 nitrogen and oxygen atoms in total. The van der Waals surface area contributed by atoms with Crippen molar-refractivity contribution in [3.05, 3.63) is 215 Å². The fourth-order valence-electron chi connectivity index (χ4n) is 7.50. The molecule has 320 valence electrons. The molecular formula is C54H44O10. The van der Waals surface area contributed by atoms with E-state index < -0.39 is 5.60 Å². The highest BCUT2D eigenvalue weighted by molar-refractivity contribution is 5.93. The third-order valence-corrected chi connectivity index (χ3v) is 10.4. The van der Waals surface area contributed by atoms with Crippen molar-refractivity contribution in [2.75, 3.05) is 28.4 Å². The number of benzene rings is 8.